The van der Waals surface area contributed by atoms with E-state index in [0.29, 0.717) is 12.6 Å². The Bertz CT molecular complexity index is 572. The molecule has 0 aliphatic carbocycles. The number of piperidine rings is 1. The van der Waals surface area contributed by atoms with Crippen molar-refractivity contribution in [3.63, 3.8) is 0 Å². The van der Waals surface area contributed by atoms with E-state index < -0.39 is 0 Å². The van der Waals surface area contributed by atoms with Crippen LogP contribution >= 0.6 is 11.3 Å². The van der Waals surface area contributed by atoms with Crippen molar-refractivity contribution >= 4 is 22.4 Å². The Morgan fingerprint density at radius 1 is 1.52 bits per heavy atom. The van der Waals surface area contributed by atoms with Crippen molar-refractivity contribution < 1.29 is 9.53 Å². The molecule has 0 aromatic carbocycles. The molecule has 0 bridgehead atoms. The number of hydrogen-bond acceptors (Lipinski definition) is 5. The van der Waals surface area contributed by atoms with E-state index in [0.717, 1.165) is 43.1 Å². The van der Waals surface area contributed by atoms with Gasteiger partial charge in [-0.1, -0.05) is 0 Å². The Hall–Kier alpha value is -1.60. The van der Waals surface area contributed by atoms with Gasteiger partial charge in [-0.15, -0.1) is 11.3 Å². The number of amides is 1. The van der Waals surface area contributed by atoms with Crippen LogP contribution in [0.1, 0.15) is 25.5 Å². The zero-order valence-corrected chi connectivity index (χ0v) is 12.9. The van der Waals surface area contributed by atoms with Crippen molar-refractivity contribution in [1.29, 1.82) is 0 Å². The molecule has 2 aromatic heterocycles. The summed E-state index contributed by atoms with van der Waals surface area (Å²) in [5.74, 6) is 0. The van der Waals surface area contributed by atoms with E-state index in [4.69, 9.17) is 4.74 Å². The highest BCUT2D eigenvalue weighted by Crippen LogP contribution is 2.14. The maximum Gasteiger partial charge on any atom is 0.409 e. The molecule has 7 heteroatoms. The van der Waals surface area contributed by atoms with Crippen molar-refractivity contribution in [3.8, 4) is 0 Å². The maximum absolute atomic E-state index is 11.6. The highest BCUT2D eigenvalue weighted by Gasteiger charge is 2.23. The molecule has 0 radical (unpaired) electrons. The fourth-order valence-electron chi connectivity index (χ4n) is 2.59. The number of aromatic nitrogens is 2. The number of imidazole rings is 1. The summed E-state index contributed by atoms with van der Waals surface area (Å²) in [7, 11) is 0. The van der Waals surface area contributed by atoms with Gasteiger partial charge < -0.3 is 15.0 Å². The van der Waals surface area contributed by atoms with Gasteiger partial charge in [-0.25, -0.2) is 9.78 Å². The van der Waals surface area contributed by atoms with Crippen LogP contribution in [-0.2, 0) is 11.3 Å². The van der Waals surface area contributed by atoms with Gasteiger partial charge in [0, 0.05) is 43.4 Å². The summed E-state index contributed by atoms with van der Waals surface area (Å²) in [5, 5.41) is 5.56. The lowest BCUT2D eigenvalue weighted by Crippen LogP contribution is -2.44. The molecule has 1 amide bonds. The highest BCUT2D eigenvalue weighted by atomic mass is 32.1. The van der Waals surface area contributed by atoms with Gasteiger partial charge >= 0.3 is 6.09 Å². The van der Waals surface area contributed by atoms with Crippen molar-refractivity contribution in [1.82, 2.24) is 19.6 Å². The number of thiazole rings is 1. The highest BCUT2D eigenvalue weighted by molar-refractivity contribution is 7.15. The normalized spacial score (nSPS) is 16.5. The Morgan fingerprint density at radius 2 is 2.33 bits per heavy atom. The number of carbonyl (C=O) groups excluding carboxylic acids is 1. The number of ether oxygens (including phenoxy) is 1. The van der Waals surface area contributed by atoms with Gasteiger partial charge in [0.05, 0.1) is 12.3 Å². The smallest absolute Gasteiger partial charge is 0.409 e. The first kappa shape index (κ1) is 14.3. The van der Waals surface area contributed by atoms with E-state index in [1.165, 1.54) is 0 Å². The molecule has 0 unspecified atom stereocenters. The standard InChI is InChI=1S/C14H20N4O2S/c1-2-20-14(19)17-5-3-11(4-6-17)15-9-12-10-18-7-8-21-13(18)16-12/h7-8,10-11,15H,2-6,9H2,1H3. The molecule has 21 heavy (non-hydrogen) atoms. The van der Waals surface area contributed by atoms with Crippen LogP contribution < -0.4 is 5.32 Å². The lowest BCUT2D eigenvalue weighted by atomic mass is 10.1. The summed E-state index contributed by atoms with van der Waals surface area (Å²) in [6.07, 6.45) is 5.81. The molecule has 1 N–H and O–H groups in total. The van der Waals surface area contributed by atoms with Gasteiger partial charge in [-0.05, 0) is 19.8 Å². The van der Waals surface area contributed by atoms with Crippen LogP contribution in [0.2, 0.25) is 0 Å². The number of carbonyl (C=O) groups is 1. The molecular formula is C14H20N4O2S. The number of hydrogen-bond donors (Lipinski definition) is 1. The third-order valence-corrected chi connectivity index (χ3v) is 4.51. The van der Waals surface area contributed by atoms with Gasteiger partial charge in [0.15, 0.2) is 4.96 Å². The summed E-state index contributed by atoms with van der Waals surface area (Å²) >= 11 is 1.64. The van der Waals surface area contributed by atoms with E-state index in [-0.39, 0.29) is 6.09 Å². The second-order valence-electron chi connectivity index (χ2n) is 5.17. The Balaban J connectivity index is 1.45. The van der Waals surface area contributed by atoms with Crippen LogP contribution in [0.15, 0.2) is 17.8 Å². The molecule has 1 saturated heterocycles. The number of likely N-dealkylation sites (tertiary alicyclic amines) is 1. The lowest BCUT2D eigenvalue weighted by molar-refractivity contribution is 0.0950. The van der Waals surface area contributed by atoms with Gasteiger partial charge in [0.2, 0.25) is 0 Å². The molecule has 2 aromatic rings. The van der Waals surface area contributed by atoms with Gasteiger partial charge in [0.25, 0.3) is 0 Å². The van der Waals surface area contributed by atoms with E-state index in [1.807, 2.05) is 22.9 Å². The lowest BCUT2D eigenvalue weighted by Gasteiger charge is -2.31. The molecular weight excluding hydrogens is 288 g/mol. The van der Waals surface area contributed by atoms with Crippen molar-refractivity contribution in [2.75, 3.05) is 19.7 Å². The molecule has 3 rings (SSSR count). The molecule has 0 spiro atoms. The van der Waals surface area contributed by atoms with Gasteiger partial charge in [0.1, 0.15) is 0 Å². The first-order chi connectivity index (χ1) is 10.3. The van der Waals surface area contributed by atoms with Crippen LogP contribution in [-0.4, -0.2) is 46.1 Å². The summed E-state index contributed by atoms with van der Waals surface area (Å²) < 4.78 is 7.07. The van der Waals surface area contributed by atoms with Crippen molar-refractivity contribution in [2.45, 2.75) is 32.4 Å². The average molecular weight is 308 g/mol. The zero-order chi connectivity index (χ0) is 14.7. The molecule has 3 heterocycles. The fourth-order valence-corrected chi connectivity index (χ4v) is 3.31. The van der Waals surface area contributed by atoms with E-state index in [9.17, 15) is 4.79 Å². The zero-order valence-electron chi connectivity index (χ0n) is 12.1. The monoisotopic (exact) mass is 308 g/mol. The topological polar surface area (TPSA) is 58.9 Å². The minimum atomic E-state index is -0.190. The SMILES string of the molecule is CCOC(=O)N1CCC(NCc2cn3ccsc3n2)CC1. The average Bonchev–Trinajstić information content (AvgIpc) is 3.07. The molecule has 1 aliphatic heterocycles. The fraction of sp³-hybridized carbons (Fsp3) is 0.571. The van der Waals surface area contributed by atoms with E-state index >= 15 is 0 Å². The van der Waals surface area contributed by atoms with E-state index in [1.54, 1.807) is 16.2 Å². The summed E-state index contributed by atoms with van der Waals surface area (Å²) in [4.78, 5) is 19.0. The maximum atomic E-state index is 11.6. The molecule has 0 atom stereocenters. The third kappa shape index (κ3) is 3.36. The number of nitrogens with one attached hydrogen (secondary N) is 1. The van der Waals surface area contributed by atoms with Crippen molar-refractivity contribution in [3.05, 3.63) is 23.5 Å². The molecule has 114 valence electrons. The molecule has 0 saturated carbocycles. The Labute approximate surface area is 127 Å². The first-order valence-electron chi connectivity index (χ1n) is 7.32. The summed E-state index contributed by atoms with van der Waals surface area (Å²) in [5.41, 5.74) is 1.06. The minimum Gasteiger partial charge on any atom is -0.450 e. The van der Waals surface area contributed by atoms with Crippen LogP contribution in [0, 0.1) is 0 Å². The second-order valence-corrected chi connectivity index (χ2v) is 6.04. The van der Waals surface area contributed by atoms with Crippen LogP contribution in [0.4, 0.5) is 4.79 Å². The second kappa shape index (κ2) is 6.44. The summed E-state index contributed by atoms with van der Waals surface area (Å²) in [6.45, 7) is 4.57. The third-order valence-electron chi connectivity index (χ3n) is 3.74. The predicted molar refractivity (Wildman–Crippen MR) is 81.5 cm³/mol. The van der Waals surface area contributed by atoms with Gasteiger partial charge in [-0.3, -0.25) is 4.40 Å². The number of nitrogens with zero attached hydrogens (tertiary/aromatic N) is 3. The Kier molecular flexibility index (Phi) is 4.40. The molecule has 1 fully saturated rings. The number of fused-ring (bicyclic) bond motifs is 1. The van der Waals surface area contributed by atoms with Crippen LogP contribution in [0.3, 0.4) is 0 Å². The quantitative estimate of drug-likeness (QED) is 0.940. The molecule has 1 aliphatic rings. The summed E-state index contributed by atoms with van der Waals surface area (Å²) in [6, 6.07) is 0.440. The van der Waals surface area contributed by atoms with E-state index in [2.05, 4.69) is 16.5 Å². The first-order valence-corrected chi connectivity index (χ1v) is 8.20. The van der Waals surface area contributed by atoms with Gasteiger partial charge in [-0.2, -0.15) is 0 Å². The van der Waals surface area contributed by atoms with Crippen LogP contribution in [0.5, 0.6) is 0 Å². The minimum absolute atomic E-state index is 0.190. The number of rotatable bonds is 4. The molecule has 6 nitrogen and oxygen atoms in total. The Morgan fingerprint density at radius 3 is 3.05 bits per heavy atom. The van der Waals surface area contributed by atoms with Crippen molar-refractivity contribution in [2.24, 2.45) is 0 Å². The predicted octanol–water partition coefficient (Wildman–Crippen LogP) is 2.11. The van der Waals surface area contributed by atoms with Crippen LogP contribution in [0.25, 0.3) is 4.96 Å². The largest absolute Gasteiger partial charge is 0.450 e.